The molecule has 0 unspecified atom stereocenters. The van der Waals surface area contributed by atoms with Gasteiger partial charge in [-0.25, -0.2) is 4.98 Å². The molecule has 0 saturated carbocycles. The molecule has 1 aliphatic carbocycles. The maximum absolute atomic E-state index is 6.07. The number of hydrogen-bond acceptors (Lipinski definition) is 6. The van der Waals surface area contributed by atoms with Gasteiger partial charge in [0.25, 0.3) is 0 Å². The van der Waals surface area contributed by atoms with Crippen LogP contribution in [0, 0.1) is 6.92 Å². The molecule has 0 atom stereocenters. The maximum atomic E-state index is 6.07. The summed E-state index contributed by atoms with van der Waals surface area (Å²) in [6.45, 7) is 4.86. The fraction of sp³-hybridized carbons (Fsp3) is 0.240. The van der Waals surface area contributed by atoms with Crippen LogP contribution in [0.4, 0.5) is 11.4 Å². The first kappa shape index (κ1) is 19.3. The Hall–Kier alpha value is -3.67. The van der Waals surface area contributed by atoms with Crippen LogP contribution in [-0.2, 0) is 6.42 Å². The molecule has 1 aliphatic heterocycles. The lowest BCUT2D eigenvalue weighted by atomic mass is 10.1. The van der Waals surface area contributed by atoms with Gasteiger partial charge >= 0.3 is 0 Å². The van der Waals surface area contributed by atoms with Crippen LogP contribution in [0.25, 0.3) is 17.5 Å². The molecule has 0 amide bonds. The quantitative estimate of drug-likeness (QED) is 0.571. The van der Waals surface area contributed by atoms with Gasteiger partial charge < -0.3 is 15.1 Å². The molecular formula is C25H25N5O. The van der Waals surface area contributed by atoms with Crippen molar-refractivity contribution in [2.24, 2.45) is 4.99 Å². The first-order valence-corrected chi connectivity index (χ1v) is 10.6. The van der Waals surface area contributed by atoms with Gasteiger partial charge in [0.1, 0.15) is 11.5 Å². The molecule has 3 aromatic rings. The SMILES string of the molecule is CC1=NCCC(Nc2ccc(-c3nc4c(o3)CCC(Nc3ccnc(C)c3)=C4)cc2)=C1. The molecule has 31 heavy (non-hydrogen) atoms. The zero-order valence-corrected chi connectivity index (χ0v) is 17.8. The van der Waals surface area contributed by atoms with Crippen molar-refractivity contribution in [3.63, 3.8) is 0 Å². The molecular weight excluding hydrogens is 386 g/mol. The van der Waals surface area contributed by atoms with E-state index in [1.807, 2.05) is 44.3 Å². The number of aryl methyl sites for hydroxylation is 2. The summed E-state index contributed by atoms with van der Waals surface area (Å²) in [4.78, 5) is 13.4. The molecule has 0 spiro atoms. The second-order valence-corrected chi connectivity index (χ2v) is 7.95. The number of pyridine rings is 1. The summed E-state index contributed by atoms with van der Waals surface area (Å²) < 4.78 is 6.07. The van der Waals surface area contributed by atoms with Crippen LogP contribution < -0.4 is 10.6 Å². The van der Waals surface area contributed by atoms with Crippen molar-refractivity contribution in [3.8, 4) is 11.5 Å². The molecule has 2 aliphatic rings. The Morgan fingerprint density at radius 2 is 1.68 bits per heavy atom. The summed E-state index contributed by atoms with van der Waals surface area (Å²) in [6.07, 6.45) is 8.66. The first-order valence-electron chi connectivity index (χ1n) is 10.6. The van der Waals surface area contributed by atoms with E-state index in [1.54, 1.807) is 0 Å². The van der Waals surface area contributed by atoms with Gasteiger partial charge in [-0.2, -0.15) is 0 Å². The van der Waals surface area contributed by atoms with Crippen molar-refractivity contribution in [1.82, 2.24) is 9.97 Å². The minimum absolute atomic E-state index is 0.661. The molecule has 2 aromatic heterocycles. The van der Waals surface area contributed by atoms with Gasteiger partial charge in [-0.1, -0.05) is 0 Å². The normalized spacial score (nSPS) is 15.5. The van der Waals surface area contributed by atoms with Crippen molar-refractivity contribution in [2.75, 3.05) is 17.2 Å². The van der Waals surface area contributed by atoms with Gasteiger partial charge in [0.05, 0.1) is 0 Å². The summed E-state index contributed by atoms with van der Waals surface area (Å²) in [5.74, 6) is 1.60. The van der Waals surface area contributed by atoms with Crippen LogP contribution in [-0.4, -0.2) is 22.2 Å². The highest BCUT2D eigenvalue weighted by Gasteiger charge is 2.18. The Bertz CT molecular complexity index is 1200. The summed E-state index contributed by atoms with van der Waals surface area (Å²) in [6, 6.07) is 12.2. The van der Waals surface area contributed by atoms with E-state index in [0.717, 1.165) is 71.3 Å². The van der Waals surface area contributed by atoms with Gasteiger partial charge in [-0.05, 0) is 68.8 Å². The molecule has 6 nitrogen and oxygen atoms in total. The third-order valence-corrected chi connectivity index (χ3v) is 5.42. The van der Waals surface area contributed by atoms with Gasteiger partial charge in [0.15, 0.2) is 0 Å². The summed E-state index contributed by atoms with van der Waals surface area (Å²) >= 11 is 0. The zero-order valence-electron chi connectivity index (χ0n) is 17.8. The molecule has 1 aromatic carbocycles. The Kier molecular flexibility index (Phi) is 5.12. The van der Waals surface area contributed by atoms with Crippen molar-refractivity contribution < 1.29 is 4.42 Å². The summed E-state index contributed by atoms with van der Waals surface area (Å²) in [5, 5.41) is 6.96. The molecule has 0 bridgehead atoms. The van der Waals surface area contributed by atoms with Gasteiger partial charge in [0, 0.05) is 65.3 Å². The van der Waals surface area contributed by atoms with E-state index in [4.69, 9.17) is 9.40 Å². The number of aromatic nitrogens is 2. The molecule has 3 heterocycles. The maximum Gasteiger partial charge on any atom is 0.226 e. The minimum Gasteiger partial charge on any atom is -0.441 e. The van der Waals surface area contributed by atoms with Crippen LogP contribution in [0.15, 0.2) is 69.5 Å². The number of anilines is 2. The number of benzene rings is 1. The largest absolute Gasteiger partial charge is 0.441 e. The molecule has 0 radical (unpaired) electrons. The minimum atomic E-state index is 0.661. The third-order valence-electron chi connectivity index (χ3n) is 5.42. The predicted molar refractivity (Wildman–Crippen MR) is 125 cm³/mol. The molecule has 6 heteroatoms. The van der Waals surface area contributed by atoms with Gasteiger partial charge in [-0.15, -0.1) is 0 Å². The van der Waals surface area contributed by atoms with Crippen LogP contribution in [0.3, 0.4) is 0 Å². The number of fused-ring (bicyclic) bond motifs is 1. The highest BCUT2D eigenvalue weighted by molar-refractivity contribution is 5.94. The third kappa shape index (κ3) is 4.43. The number of hydrogen-bond donors (Lipinski definition) is 2. The fourth-order valence-corrected chi connectivity index (χ4v) is 3.87. The summed E-state index contributed by atoms with van der Waals surface area (Å²) in [5.41, 5.74) is 8.37. The van der Waals surface area contributed by atoms with E-state index in [-0.39, 0.29) is 0 Å². The van der Waals surface area contributed by atoms with Crippen molar-refractivity contribution in [3.05, 3.63) is 77.2 Å². The number of aliphatic imine (C=N–C) groups is 1. The second-order valence-electron chi connectivity index (χ2n) is 7.95. The van der Waals surface area contributed by atoms with E-state index in [1.165, 1.54) is 5.70 Å². The Labute approximate surface area is 181 Å². The monoisotopic (exact) mass is 411 g/mol. The highest BCUT2D eigenvalue weighted by Crippen LogP contribution is 2.30. The predicted octanol–water partition coefficient (Wildman–Crippen LogP) is 5.60. The highest BCUT2D eigenvalue weighted by atomic mass is 16.4. The average Bonchev–Trinajstić information content (AvgIpc) is 3.18. The molecule has 5 rings (SSSR count). The topological polar surface area (TPSA) is 75.3 Å². The Morgan fingerprint density at radius 3 is 2.48 bits per heavy atom. The average molecular weight is 412 g/mol. The van der Waals surface area contributed by atoms with Crippen molar-refractivity contribution >= 4 is 23.2 Å². The van der Waals surface area contributed by atoms with E-state index in [2.05, 4.69) is 44.9 Å². The smallest absolute Gasteiger partial charge is 0.226 e. The first-order chi connectivity index (χ1) is 15.1. The van der Waals surface area contributed by atoms with Crippen LogP contribution in [0.1, 0.15) is 36.9 Å². The Balaban J connectivity index is 1.31. The van der Waals surface area contributed by atoms with E-state index in [0.29, 0.717) is 5.89 Å². The lowest BCUT2D eigenvalue weighted by Gasteiger charge is -2.14. The number of rotatable bonds is 5. The molecule has 156 valence electrons. The van der Waals surface area contributed by atoms with Crippen LogP contribution in [0.5, 0.6) is 0 Å². The second kappa shape index (κ2) is 8.22. The Morgan fingerprint density at radius 1 is 0.871 bits per heavy atom. The van der Waals surface area contributed by atoms with Crippen molar-refractivity contribution in [1.29, 1.82) is 0 Å². The van der Waals surface area contributed by atoms with E-state index < -0.39 is 0 Å². The zero-order chi connectivity index (χ0) is 21.2. The van der Waals surface area contributed by atoms with Gasteiger partial charge in [-0.3, -0.25) is 9.98 Å². The van der Waals surface area contributed by atoms with Crippen LogP contribution >= 0.6 is 0 Å². The molecule has 0 fully saturated rings. The standard InChI is InChI=1S/C25H25N5O/c1-16-13-21(9-11-26-16)28-19-5-3-18(4-6-19)25-30-23-15-20(7-8-24(23)31-25)29-22-10-12-27-17(2)14-22/h3-6,10,12-15,28H,7-9,11H2,1-2H3,(H,27,29). The van der Waals surface area contributed by atoms with E-state index >= 15 is 0 Å². The number of allylic oxidation sites excluding steroid dienone is 2. The molecule has 2 N–H and O–H groups in total. The lowest BCUT2D eigenvalue weighted by molar-refractivity contribution is 0.514. The van der Waals surface area contributed by atoms with Gasteiger partial charge in [0.2, 0.25) is 5.89 Å². The molecule has 0 saturated heterocycles. The fourth-order valence-electron chi connectivity index (χ4n) is 3.87. The lowest BCUT2D eigenvalue weighted by Crippen LogP contribution is -2.08. The number of dihydropyridines is 1. The number of oxazole rings is 1. The number of nitrogens with one attached hydrogen (secondary N) is 2. The summed E-state index contributed by atoms with van der Waals surface area (Å²) in [7, 11) is 0. The van der Waals surface area contributed by atoms with Crippen molar-refractivity contribution in [2.45, 2.75) is 33.1 Å². The van der Waals surface area contributed by atoms with E-state index in [9.17, 15) is 0 Å². The number of nitrogens with zero attached hydrogens (tertiary/aromatic N) is 3. The van der Waals surface area contributed by atoms with Crippen LogP contribution in [0.2, 0.25) is 0 Å².